The normalized spacial score (nSPS) is 20.0. The van der Waals surface area contributed by atoms with Gasteiger partial charge in [0.1, 0.15) is 23.4 Å². The third-order valence-electron chi connectivity index (χ3n) is 8.10. The zero-order valence-corrected chi connectivity index (χ0v) is 25.6. The van der Waals surface area contributed by atoms with Crippen LogP contribution in [0.15, 0.2) is 69.3 Å². The zero-order chi connectivity index (χ0) is 30.8. The lowest BCUT2D eigenvalue weighted by molar-refractivity contribution is -0.0312. The predicted molar refractivity (Wildman–Crippen MR) is 161 cm³/mol. The standard InChI is InChI=1S/C29H38N4O8S2/c1-2-12-32-18-27(28(35)25-8-3-4-9-26(25)32)43(38,39)33-13-10-29(11-14-33)16-21(19-41-29)31-17-22(34)20-40-23-6-5-7-24(15-23)42(30,36)37/h3-9,15,18,21-22,31,34H,2,10-14,16-17,19-20H2,1H3,(H2,30,36,37). The summed E-state index contributed by atoms with van der Waals surface area (Å²) in [4.78, 5) is 13.0. The SMILES string of the molecule is CCCn1cc(S(=O)(=O)N2CCC3(CC2)CC(NCC(O)COc2cccc(S(N)(=O)=O)c2)CO3)c(=O)c2ccccc21. The molecule has 12 nitrogen and oxygen atoms in total. The number of aromatic nitrogens is 1. The predicted octanol–water partition coefficient (Wildman–Crippen LogP) is 1.40. The number of para-hydroxylation sites is 1. The molecule has 3 heterocycles. The van der Waals surface area contributed by atoms with Gasteiger partial charge in [0.2, 0.25) is 25.5 Å². The van der Waals surface area contributed by atoms with Gasteiger partial charge in [-0.2, -0.15) is 4.31 Å². The molecule has 4 N–H and O–H groups in total. The molecule has 43 heavy (non-hydrogen) atoms. The van der Waals surface area contributed by atoms with E-state index >= 15 is 0 Å². The first-order chi connectivity index (χ1) is 20.4. The van der Waals surface area contributed by atoms with Crippen molar-refractivity contribution >= 4 is 30.9 Å². The van der Waals surface area contributed by atoms with Crippen molar-refractivity contribution in [3.05, 3.63) is 65.0 Å². The highest BCUT2D eigenvalue weighted by Crippen LogP contribution is 2.37. The highest BCUT2D eigenvalue weighted by atomic mass is 32.2. The number of sulfonamides is 2. The monoisotopic (exact) mass is 634 g/mol. The average molecular weight is 635 g/mol. The minimum absolute atomic E-state index is 0.0368. The summed E-state index contributed by atoms with van der Waals surface area (Å²) in [5.41, 5.74) is -0.244. The Bertz CT molecular complexity index is 1730. The highest BCUT2D eigenvalue weighted by molar-refractivity contribution is 7.89. The van der Waals surface area contributed by atoms with Crippen molar-refractivity contribution in [2.24, 2.45) is 5.14 Å². The Balaban J connectivity index is 1.15. The molecule has 14 heteroatoms. The van der Waals surface area contributed by atoms with Gasteiger partial charge in [0, 0.05) is 49.9 Å². The number of nitrogens with one attached hydrogen (secondary N) is 1. The Morgan fingerprint density at radius 3 is 2.60 bits per heavy atom. The van der Waals surface area contributed by atoms with Crippen LogP contribution in [-0.4, -0.2) is 81.4 Å². The minimum Gasteiger partial charge on any atom is -0.491 e. The van der Waals surface area contributed by atoms with E-state index in [0.29, 0.717) is 37.8 Å². The smallest absolute Gasteiger partial charge is 0.248 e. The van der Waals surface area contributed by atoms with E-state index < -0.39 is 37.2 Å². The van der Waals surface area contributed by atoms with Crippen LogP contribution >= 0.6 is 0 Å². The molecular formula is C29H38N4O8S2. The summed E-state index contributed by atoms with van der Waals surface area (Å²) >= 11 is 0. The van der Waals surface area contributed by atoms with Crippen molar-refractivity contribution in [1.82, 2.24) is 14.2 Å². The number of nitrogens with two attached hydrogens (primary N) is 1. The molecule has 1 spiro atoms. The number of pyridine rings is 1. The zero-order valence-electron chi connectivity index (χ0n) is 24.0. The molecule has 2 fully saturated rings. The maximum absolute atomic E-state index is 13.7. The summed E-state index contributed by atoms with van der Waals surface area (Å²) in [6, 6.07) is 12.8. The average Bonchev–Trinajstić information content (AvgIpc) is 3.38. The molecule has 2 atom stereocenters. The summed E-state index contributed by atoms with van der Waals surface area (Å²) in [5, 5.41) is 19.2. The number of rotatable bonds is 11. The molecule has 0 amide bonds. The fraction of sp³-hybridized carbons (Fsp3) is 0.483. The Morgan fingerprint density at radius 1 is 1.14 bits per heavy atom. The lowest BCUT2D eigenvalue weighted by atomic mass is 9.88. The highest BCUT2D eigenvalue weighted by Gasteiger charge is 2.45. The number of fused-ring (bicyclic) bond motifs is 1. The maximum Gasteiger partial charge on any atom is 0.248 e. The van der Waals surface area contributed by atoms with Crippen LogP contribution in [0.1, 0.15) is 32.6 Å². The van der Waals surface area contributed by atoms with E-state index in [2.05, 4.69) is 5.32 Å². The lowest BCUT2D eigenvalue weighted by Crippen LogP contribution is -2.47. The van der Waals surface area contributed by atoms with Gasteiger partial charge in [0.05, 0.1) is 22.6 Å². The summed E-state index contributed by atoms with van der Waals surface area (Å²) in [6.07, 6.45) is 3.06. The van der Waals surface area contributed by atoms with E-state index in [1.165, 1.54) is 28.7 Å². The first-order valence-corrected chi connectivity index (χ1v) is 17.3. The van der Waals surface area contributed by atoms with Crippen LogP contribution in [0.25, 0.3) is 10.9 Å². The second-order valence-electron chi connectivity index (χ2n) is 11.2. The second kappa shape index (κ2) is 12.6. The molecule has 0 saturated carbocycles. The lowest BCUT2D eigenvalue weighted by Gasteiger charge is -2.38. The van der Waals surface area contributed by atoms with Gasteiger partial charge in [-0.15, -0.1) is 0 Å². The topological polar surface area (TPSA) is 170 Å². The van der Waals surface area contributed by atoms with E-state index in [-0.39, 0.29) is 47.8 Å². The molecule has 2 aromatic carbocycles. The van der Waals surface area contributed by atoms with Gasteiger partial charge in [0.15, 0.2) is 0 Å². The number of ether oxygens (including phenoxy) is 2. The number of nitrogens with zero attached hydrogens (tertiary/aromatic N) is 2. The van der Waals surface area contributed by atoms with Crippen molar-refractivity contribution in [2.45, 2.75) is 66.7 Å². The maximum atomic E-state index is 13.7. The van der Waals surface area contributed by atoms with E-state index in [9.17, 15) is 26.7 Å². The van der Waals surface area contributed by atoms with Crippen molar-refractivity contribution in [2.75, 3.05) is 32.8 Å². The quantitative estimate of drug-likeness (QED) is 0.282. The van der Waals surface area contributed by atoms with Gasteiger partial charge in [-0.3, -0.25) is 4.79 Å². The van der Waals surface area contributed by atoms with Gasteiger partial charge in [0.25, 0.3) is 0 Å². The van der Waals surface area contributed by atoms with Crippen LogP contribution in [0.4, 0.5) is 0 Å². The number of primary sulfonamides is 1. The fourth-order valence-corrected chi connectivity index (χ4v) is 7.92. The van der Waals surface area contributed by atoms with E-state index in [1.54, 1.807) is 18.2 Å². The van der Waals surface area contributed by atoms with Gasteiger partial charge in [-0.05, 0) is 49.9 Å². The fourth-order valence-electron chi connectivity index (χ4n) is 5.82. The Labute approximate surface area is 251 Å². The molecule has 5 rings (SSSR count). The van der Waals surface area contributed by atoms with Crippen LogP contribution < -0.4 is 20.6 Å². The van der Waals surface area contributed by atoms with Crippen LogP contribution in [0.5, 0.6) is 5.75 Å². The largest absolute Gasteiger partial charge is 0.491 e. The van der Waals surface area contributed by atoms with E-state index in [0.717, 1.165) is 11.9 Å². The molecule has 0 aliphatic carbocycles. The molecule has 2 unspecified atom stereocenters. The summed E-state index contributed by atoms with van der Waals surface area (Å²) < 4.78 is 65.3. The van der Waals surface area contributed by atoms with Crippen LogP contribution in [0.2, 0.25) is 0 Å². The number of benzene rings is 2. The molecule has 3 aromatic rings. The number of aliphatic hydroxyl groups is 1. The Hall–Kier alpha value is -2.85. The van der Waals surface area contributed by atoms with E-state index in [1.807, 2.05) is 23.6 Å². The molecule has 2 saturated heterocycles. The molecule has 0 bridgehead atoms. The summed E-state index contributed by atoms with van der Waals surface area (Å²) in [5.74, 6) is 0.281. The molecular weight excluding hydrogens is 596 g/mol. The Morgan fingerprint density at radius 2 is 1.88 bits per heavy atom. The number of hydrogen-bond donors (Lipinski definition) is 3. The van der Waals surface area contributed by atoms with Crippen LogP contribution in [0.3, 0.4) is 0 Å². The summed E-state index contributed by atoms with van der Waals surface area (Å²) in [6.45, 7) is 3.67. The molecule has 2 aliphatic rings. The molecule has 2 aliphatic heterocycles. The van der Waals surface area contributed by atoms with Crippen molar-refractivity contribution in [3.63, 3.8) is 0 Å². The van der Waals surface area contributed by atoms with Crippen molar-refractivity contribution < 1.29 is 31.4 Å². The third kappa shape index (κ3) is 6.95. The number of piperidine rings is 1. The number of aryl methyl sites for hydroxylation is 1. The van der Waals surface area contributed by atoms with Gasteiger partial charge in [-0.1, -0.05) is 25.1 Å². The summed E-state index contributed by atoms with van der Waals surface area (Å²) in [7, 11) is -7.86. The van der Waals surface area contributed by atoms with Crippen molar-refractivity contribution in [3.8, 4) is 5.75 Å². The van der Waals surface area contributed by atoms with Crippen LogP contribution in [0, 0.1) is 0 Å². The molecule has 234 valence electrons. The number of aliphatic hydroxyl groups excluding tert-OH is 1. The van der Waals surface area contributed by atoms with Crippen LogP contribution in [-0.2, 0) is 31.3 Å². The van der Waals surface area contributed by atoms with Crippen molar-refractivity contribution in [1.29, 1.82) is 0 Å². The van der Waals surface area contributed by atoms with Gasteiger partial charge < -0.3 is 24.5 Å². The van der Waals surface area contributed by atoms with Gasteiger partial charge >= 0.3 is 0 Å². The Kier molecular flexibility index (Phi) is 9.28. The molecule has 1 aromatic heterocycles. The molecule has 0 radical (unpaired) electrons. The van der Waals surface area contributed by atoms with Gasteiger partial charge in [-0.25, -0.2) is 22.0 Å². The first kappa shape index (κ1) is 31.6. The second-order valence-corrected chi connectivity index (χ2v) is 14.7. The third-order valence-corrected chi connectivity index (χ3v) is 10.9. The first-order valence-electron chi connectivity index (χ1n) is 14.4. The van der Waals surface area contributed by atoms with E-state index in [4.69, 9.17) is 14.6 Å². The minimum atomic E-state index is -4.00. The number of hydrogen-bond acceptors (Lipinski definition) is 9.